The molecule has 0 radical (unpaired) electrons. The Labute approximate surface area is 161 Å². The Morgan fingerprint density at radius 1 is 1.29 bits per heavy atom. The molecule has 1 fully saturated rings. The molecule has 0 spiro atoms. The summed E-state index contributed by atoms with van der Waals surface area (Å²) >= 11 is 0. The predicted octanol–water partition coefficient (Wildman–Crippen LogP) is 0.144. The van der Waals surface area contributed by atoms with Gasteiger partial charge < -0.3 is 26.0 Å². The van der Waals surface area contributed by atoms with Crippen LogP contribution in [-0.2, 0) is 23.9 Å². The van der Waals surface area contributed by atoms with E-state index in [-0.39, 0.29) is 24.7 Å². The van der Waals surface area contributed by atoms with Crippen LogP contribution in [0.15, 0.2) is 18.2 Å². The molecule has 1 heterocycles. The first kappa shape index (κ1) is 21.3. The molecule has 9 nitrogen and oxygen atoms in total. The monoisotopic (exact) mass is 394 g/mol. The van der Waals surface area contributed by atoms with Gasteiger partial charge in [0.15, 0.2) is 6.04 Å². The Morgan fingerprint density at radius 3 is 2.50 bits per heavy atom. The van der Waals surface area contributed by atoms with Gasteiger partial charge in [0.05, 0.1) is 12.3 Å². The second-order valence-corrected chi connectivity index (χ2v) is 7.31. The summed E-state index contributed by atoms with van der Waals surface area (Å²) in [4.78, 5) is 49.1. The number of carbonyl (C=O) groups excluding carboxylic acids is 4. The molecule has 1 atom stereocenters. The molecule has 0 bridgehead atoms. The van der Waals surface area contributed by atoms with Gasteiger partial charge in [-0.15, -0.1) is 0 Å². The van der Waals surface area contributed by atoms with Crippen LogP contribution in [0.25, 0.3) is 0 Å². The molecular formula is C18H23FN4O5. The smallest absolute Gasteiger partial charge is 0.256 e. The standard InChI is InChI=1S/C18H23FN4O5/c1-18(2,3)17(27)22-14(15(20)25)16(26)21-12-5-4-10(8-11(12)19)23-6-7-28-9-13(23)24/h4-5,8,14H,6-7,9H2,1-3H3,(H2,20,25)(H,21,26)(H,22,27)/t14-/m1/s1. The molecule has 4 amide bonds. The highest BCUT2D eigenvalue weighted by Crippen LogP contribution is 2.23. The van der Waals surface area contributed by atoms with Gasteiger partial charge in [0.1, 0.15) is 12.4 Å². The normalized spacial score (nSPS) is 15.7. The van der Waals surface area contributed by atoms with Gasteiger partial charge >= 0.3 is 0 Å². The van der Waals surface area contributed by atoms with Crippen molar-refractivity contribution in [2.45, 2.75) is 26.8 Å². The minimum atomic E-state index is -1.66. The van der Waals surface area contributed by atoms with Gasteiger partial charge in [-0.2, -0.15) is 0 Å². The number of nitrogens with one attached hydrogen (secondary N) is 2. The molecule has 1 aliphatic rings. The van der Waals surface area contributed by atoms with E-state index in [2.05, 4.69) is 10.6 Å². The summed E-state index contributed by atoms with van der Waals surface area (Å²) < 4.78 is 19.4. The molecule has 1 aromatic rings. The van der Waals surface area contributed by atoms with E-state index < -0.39 is 35.0 Å². The number of primary amides is 1. The fourth-order valence-corrected chi connectivity index (χ4v) is 2.38. The van der Waals surface area contributed by atoms with E-state index in [0.717, 1.165) is 6.07 Å². The number of hydrogen-bond acceptors (Lipinski definition) is 5. The summed E-state index contributed by atoms with van der Waals surface area (Å²) in [7, 11) is 0. The summed E-state index contributed by atoms with van der Waals surface area (Å²) in [5, 5.41) is 4.48. The van der Waals surface area contributed by atoms with Gasteiger partial charge in [0.2, 0.25) is 11.8 Å². The zero-order valence-corrected chi connectivity index (χ0v) is 15.9. The molecule has 10 heteroatoms. The summed E-state index contributed by atoms with van der Waals surface area (Å²) in [6.07, 6.45) is 0. The summed E-state index contributed by atoms with van der Waals surface area (Å²) in [6, 6.07) is 2.14. The van der Waals surface area contributed by atoms with E-state index in [1.54, 1.807) is 20.8 Å². The van der Waals surface area contributed by atoms with Crippen LogP contribution in [0.3, 0.4) is 0 Å². The van der Waals surface area contributed by atoms with Crippen LogP contribution in [0, 0.1) is 11.2 Å². The van der Waals surface area contributed by atoms with E-state index in [1.165, 1.54) is 17.0 Å². The maximum Gasteiger partial charge on any atom is 0.256 e. The number of benzene rings is 1. The highest BCUT2D eigenvalue weighted by molar-refractivity contribution is 6.11. The van der Waals surface area contributed by atoms with E-state index >= 15 is 0 Å². The number of morpholine rings is 1. The lowest BCUT2D eigenvalue weighted by molar-refractivity contribution is -0.136. The number of nitrogens with two attached hydrogens (primary N) is 1. The molecular weight excluding hydrogens is 371 g/mol. The first-order valence-electron chi connectivity index (χ1n) is 8.59. The second-order valence-electron chi connectivity index (χ2n) is 7.31. The quantitative estimate of drug-likeness (QED) is 0.612. The first-order chi connectivity index (χ1) is 13.0. The molecule has 1 saturated heterocycles. The zero-order valence-electron chi connectivity index (χ0n) is 15.9. The maximum atomic E-state index is 14.4. The minimum Gasteiger partial charge on any atom is -0.370 e. The third kappa shape index (κ3) is 5.03. The highest BCUT2D eigenvalue weighted by atomic mass is 19.1. The average Bonchev–Trinajstić information content (AvgIpc) is 2.60. The third-order valence-corrected chi connectivity index (χ3v) is 4.01. The van der Waals surface area contributed by atoms with Gasteiger partial charge in [-0.05, 0) is 18.2 Å². The number of rotatable bonds is 5. The lowest BCUT2D eigenvalue weighted by Gasteiger charge is -2.27. The fourth-order valence-electron chi connectivity index (χ4n) is 2.38. The summed E-state index contributed by atoms with van der Waals surface area (Å²) in [5.74, 6) is -3.73. The Morgan fingerprint density at radius 2 is 1.96 bits per heavy atom. The number of halogens is 1. The topological polar surface area (TPSA) is 131 Å². The van der Waals surface area contributed by atoms with Gasteiger partial charge in [-0.3, -0.25) is 19.2 Å². The number of hydrogen-bond donors (Lipinski definition) is 3. The molecule has 0 unspecified atom stereocenters. The number of anilines is 2. The van der Waals surface area contributed by atoms with Crippen molar-refractivity contribution in [3.05, 3.63) is 24.0 Å². The number of nitrogens with zero attached hydrogens (tertiary/aromatic N) is 1. The van der Waals surface area contributed by atoms with Crippen molar-refractivity contribution in [1.29, 1.82) is 0 Å². The van der Waals surface area contributed by atoms with Gasteiger partial charge in [0.25, 0.3) is 11.8 Å². The summed E-state index contributed by atoms with van der Waals surface area (Å²) in [6.45, 7) is 5.33. The van der Waals surface area contributed by atoms with Crippen molar-refractivity contribution in [3.63, 3.8) is 0 Å². The Hall–Kier alpha value is -3.01. The molecule has 0 saturated carbocycles. The van der Waals surface area contributed by atoms with Crippen LogP contribution in [0.5, 0.6) is 0 Å². The van der Waals surface area contributed by atoms with Crippen LogP contribution in [0.4, 0.5) is 15.8 Å². The van der Waals surface area contributed by atoms with E-state index in [9.17, 15) is 23.6 Å². The maximum absolute atomic E-state index is 14.4. The third-order valence-electron chi connectivity index (χ3n) is 4.01. The van der Waals surface area contributed by atoms with E-state index in [4.69, 9.17) is 10.5 Å². The van der Waals surface area contributed by atoms with Gasteiger partial charge in [0, 0.05) is 17.6 Å². The van der Waals surface area contributed by atoms with Crippen molar-refractivity contribution >= 4 is 35.0 Å². The molecule has 152 valence electrons. The average molecular weight is 394 g/mol. The molecule has 2 rings (SSSR count). The van der Waals surface area contributed by atoms with E-state index in [1.807, 2.05) is 0 Å². The Balaban J connectivity index is 2.14. The number of ether oxygens (including phenoxy) is 1. The van der Waals surface area contributed by atoms with E-state index in [0.29, 0.717) is 12.3 Å². The summed E-state index contributed by atoms with van der Waals surface area (Å²) in [5.41, 5.74) is 4.44. The largest absolute Gasteiger partial charge is 0.370 e. The van der Waals surface area contributed by atoms with Crippen LogP contribution in [0.1, 0.15) is 20.8 Å². The van der Waals surface area contributed by atoms with Crippen molar-refractivity contribution in [3.8, 4) is 0 Å². The van der Waals surface area contributed by atoms with Crippen molar-refractivity contribution < 1.29 is 28.3 Å². The fraction of sp³-hybridized carbons (Fsp3) is 0.444. The van der Waals surface area contributed by atoms with Crippen LogP contribution < -0.4 is 21.3 Å². The molecule has 0 aliphatic carbocycles. The minimum absolute atomic E-state index is 0.0894. The Bertz CT molecular complexity index is 806. The molecule has 1 aliphatic heterocycles. The van der Waals surface area contributed by atoms with Crippen LogP contribution in [0.2, 0.25) is 0 Å². The lowest BCUT2D eigenvalue weighted by Crippen LogP contribution is -2.54. The molecule has 28 heavy (non-hydrogen) atoms. The zero-order chi connectivity index (χ0) is 21.1. The van der Waals surface area contributed by atoms with Gasteiger partial charge in [-0.1, -0.05) is 20.8 Å². The van der Waals surface area contributed by atoms with Gasteiger partial charge in [-0.25, -0.2) is 4.39 Å². The SMILES string of the molecule is CC(C)(C)C(=O)N[C@H](C(N)=O)C(=O)Nc1ccc(N2CCOCC2=O)cc1F. The molecule has 0 aromatic heterocycles. The predicted molar refractivity (Wildman–Crippen MR) is 98.8 cm³/mol. The lowest BCUT2D eigenvalue weighted by atomic mass is 9.95. The van der Waals surface area contributed by atoms with Crippen LogP contribution >= 0.6 is 0 Å². The van der Waals surface area contributed by atoms with Crippen molar-refractivity contribution in [2.24, 2.45) is 11.1 Å². The second kappa shape index (κ2) is 8.34. The number of carbonyl (C=O) groups is 4. The number of amides is 4. The highest BCUT2D eigenvalue weighted by Gasteiger charge is 2.31. The Kier molecular flexibility index (Phi) is 6.34. The molecule has 1 aromatic carbocycles. The first-order valence-corrected chi connectivity index (χ1v) is 8.59. The molecule has 4 N–H and O–H groups in total. The van der Waals surface area contributed by atoms with Crippen molar-refractivity contribution in [2.75, 3.05) is 30.0 Å². The van der Waals surface area contributed by atoms with Crippen molar-refractivity contribution in [1.82, 2.24) is 5.32 Å². The van der Waals surface area contributed by atoms with Crippen LogP contribution in [-0.4, -0.2) is 49.4 Å².